The number of hydrogen-bond donors (Lipinski definition) is 4. The minimum absolute atomic E-state index is 0.00335. The number of phenols is 2. The molecule has 6 unspecified atom stereocenters. The van der Waals surface area contributed by atoms with Gasteiger partial charge in [0.1, 0.15) is 17.1 Å². The number of hydrogen-bond acceptors (Lipinski definition) is 9. The predicted molar refractivity (Wildman–Crippen MR) is 191 cm³/mol. The molecule has 8 rings (SSSR count). The largest absolute Gasteiger partial charge is 0.507 e. The standard InChI is InChI=1S/C40H31ClFN3O9/c1-54-32-16-19(2-15-30(32)46)34-25-13-14-27-33(37(50)44(35(27)48)24-11-12-26(38(51)52)31(47)17-24)28(25)18-29-36(49)45(43-23-9-7-22(42)8-10-23)39(53)40(29,34)20-3-5-21(41)6-4-20/h2-13,15-17,27-29,33-34,43,46-47H,14,18H2,1H3,(H,51,52). The first-order valence-corrected chi connectivity index (χ1v) is 17.4. The van der Waals surface area contributed by atoms with Gasteiger partial charge in [0.05, 0.1) is 41.7 Å². The molecule has 0 bridgehead atoms. The van der Waals surface area contributed by atoms with E-state index in [9.17, 15) is 38.9 Å². The van der Waals surface area contributed by atoms with Gasteiger partial charge in [0.2, 0.25) is 11.8 Å². The maximum Gasteiger partial charge on any atom is 0.339 e. The number of allylic oxidation sites excluding steroid dienone is 2. The zero-order valence-electron chi connectivity index (χ0n) is 28.4. The molecular weight excluding hydrogens is 721 g/mol. The maximum absolute atomic E-state index is 15.2. The highest BCUT2D eigenvalue weighted by Gasteiger charge is 2.70. The van der Waals surface area contributed by atoms with Crippen LogP contribution in [0.4, 0.5) is 15.8 Å². The number of anilines is 2. The number of nitrogens with zero attached hydrogens (tertiary/aromatic N) is 2. The molecule has 0 aromatic heterocycles. The van der Waals surface area contributed by atoms with Crippen LogP contribution in [0.25, 0.3) is 0 Å². The number of aromatic hydroxyl groups is 2. The van der Waals surface area contributed by atoms with E-state index >= 15 is 4.79 Å². The van der Waals surface area contributed by atoms with Gasteiger partial charge in [-0.3, -0.25) is 24.6 Å². The lowest BCUT2D eigenvalue weighted by molar-refractivity contribution is -0.138. The Labute approximate surface area is 312 Å². The van der Waals surface area contributed by atoms with E-state index in [2.05, 4.69) is 5.43 Å². The first kappa shape index (κ1) is 34.9. The van der Waals surface area contributed by atoms with E-state index < -0.39 is 81.7 Å². The molecule has 4 amide bonds. The lowest BCUT2D eigenvalue weighted by Gasteiger charge is -2.50. The normalized spacial score (nSPS) is 25.9. The number of amides is 4. The highest BCUT2D eigenvalue weighted by Crippen LogP contribution is 2.64. The summed E-state index contributed by atoms with van der Waals surface area (Å²) in [6, 6.07) is 19.8. The number of carbonyl (C=O) groups is 5. The Balaban J connectivity index is 1.31. The van der Waals surface area contributed by atoms with Gasteiger partial charge >= 0.3 is 5.97 Å². The van der Waals surface area contributed by atoms with E-state index in [0.29, 0.717) is 21.7 Å². The second kappa shape index (κ2) is 12.7. The lowest BCUT2D eigenvalue weighted by atomic mass is 9.49. The number of benzene rings is 4. The molecule has 2 saturated heterocycles. The molecule has 274 valence electrons. The third kappa shape index (κ3) is 5.06. The van der Waals surface area contributed by atoms with Gasteiger partial charge in [-0.25, -0.2) is 14.1 Å². The van der Waals surface area contributed by atoms with Gasteiger partial charge in [0.25, 0.3) is 11.8 Å². The van der Waals surface area contributed by atoms with Crippen molar-refractivity contribution in [3.63, 3.8) is 0 Å². The van der Waals surface area contributed by atoms with Crippen LogP contribution in [-0.2, 0) is 24.6 Å². The number of ether oxygens (including phenoxy) is 1. The molecule has 1 saturated carbocycles. The van der Waals surface area contributed by atoms with Crippen LogP contribution >= 0.6 is 11.6 Å². The number of imide groups is 2. The van der Waals surface area contributed by atoms with Crippen LogP contribution in [-0.4, -0.2) is 57.0 Å². The number of carbonyl (C=O) groups excluding carboxylic acids is 4. The van der Waals surface area contributed by atoms with Gasteiger partial charge in [-0.05, 0) is 90.6 Å². The number of halogens is 2. The van der Waals surface area contributed by atoms with Crippen LogP contribution in [0.1, 0.15) is 40.2 Å². The van der Waals surface area contributed by atoms with E-state index in [4.69, 9.17) is 16.3 Å². The smallest absolute Gasteiger partial charge is 0.339 e. The average Bonchev–Trinajstić information content (AvgIpc) is 3.53. The van der Waals surface area contributed by atoms with Crippen molar-refractivity contribution in [1.82, 2.24) is 5.01 Å². The number of rotatable bonds is 7. The van der Waals surface area contributed by atoms with E-state index in [1.54, 1.807) is 36.4 Å². The highest BCUT2D eigenvalue weighted by molar-refractivity contribution is 6.30. The third-order valence-corrected chi connectivity index (χ3v) is 11.5. The molecule has 0 spiro atoms. The zero-order chi connectivity index (χ0) is 38.2. The summed E-state index contributed by atoms with van der Waals surface area (Å²) in [6.07, 6.45) is 1.92. The molecule has 4 aromatic rings. The molecule has 4 aromatic carbocycles. The van der Waals surface area contributed by atoms with Gasteiger partial charge in [0.15, 0.2) is 11.5 Å². The Bertz CT molecular complexity index is 2310. The fourth-order valence-corrected chi connectivity index (χ4v) is 9.12. The second-order valence-corrected chi connectivity index (χ2v) is 14.3. The summed E-state index contributed by atoms with van der Waals surface area (Å²) in [5, 5.41) is 31.8. The summed E-state index contributed by atoms with van der Waals surface area (Å²) in [7, 11) is 1.38. The minimum atomic E-state index is -1.64. The lowest BCUT2D eigenvalue weighted by Crippen LogP contribution is -2.53. The molecule has 0 radical (unpaired) electrons. The SMILES string of the molecule is COc1cc(C2C3=CCC4C(=O)N(c5ccc(C(=O)O)c(O)c5)C(=O)C4C3CC3C(=O)N(Nc4ccc(F)cc4)C(=O)C32c2ccc(Cl)cc2)ccc1O. The number of methoxy groups -OCH3 is 1. The number of hydrazine groups is 1. The van der Waals surface area contributed by atoms with Crippen LogP contribution in [0.5, 0.6) is 17.2 Å². The highest BCUT2D eigenvalue weighted by atomic mass is 35.5. The fraction of sp³-hybridized carbons (Fsp3) is 0.225. The van der Waals surface area contributed by atoms with Crippen LogP contribution < -0.4 is 15.1 Å². The molecule has 54 heavy (non-hydrogen) atoms. The summed E-state index contributed by atoms with van der Waals surface area (Å²) in [5.74, 6) is -9.59. The first-order chi connectivity index (χ1) is 25.9. The molecular formula is C40H31ClFN3O9. The number of fused-ring (bicyclic) bond motifs is 4. The molecule has 4 N–H and O–H groups in total. The average molecular weight is 752 g/mol. The summed E-state index contributed by atoms with van der Waals surface area (Å²) in [6.45, 7) is 0. The molecule has 2 aliphatic carbocycles. The first-order valence-electron chi connectivity index (χ1n) is 17.0. The van der Waals surface area contributed by atoms with Crippen LogP contribution in [0.2, 0.25) is 5.02 Å². The molecule has 6 atom stereocenters. The minimum Gasteiger partial charge on any atom is -0.507 e. The predicted octanol–water partition coefficient (Wildman–Crippen LogP) is 5.79. The molecule has 2 heterocycles. The molecule has 4 aliphatic rings. The van der Waals surface area contributed by atoms with Crippen molar-refractivity contribution >= 4 is 52.6 Å². The van der Waals surface area contributed by atoms with Crippen molar-refractivity contribution in [2.45, 2.75) is 24.2 Å². The van der Waals surface area contributed by atoms with Gasteiger partial charge in [0, 0.05) is 17.0 Å². The quantitative estimate of drug-likeness (QED) is 0.134. The van der Waals surface area contributed by atoms with Gasteiger partial charge in [-0.2, -0.15) is 5.01 Å². The van der Waals surface area contributed by atoms with Crippen molar-refractivity contribution in [2.75, 3.05) is 17.4 Å². The van der Waals surface area contributed by atoms with E-state index in [-0.39, 0.29) is 35.7 Å². The van der Waals surface area contributed by atoms with Crippen molar-refractivity contribution in [1.29, 1.82) is 0 Å². The summed E-state index contributed by atoms with van der Waals surface area (Å²) in [4.78, 5) is 71.0. The summed E-state index contributed by atoms with van der Waals surface area (Å²) >= 11 is 6.33. The zero-order valence-corrected chi connectivity index (χ0v) is 29.2. The topological polar surface area (TPSA) is 174 Å². The monoisotopic (exact) mass is 751 g/mol. The summed E-state index contributed by atoms with van der Waals surface area (Å²) in [5.41, 5.74) is 2.69. The number of carboxylic acids is 1. The number of aromatic carboxylic acids is 1. The van der Waals surface area contributed by atoms with Crippen molar-refractivity contribution < 1.29 is 48.4 Å². The molecule has 12 nitrogen and oxygen atoms in total. The molecule has 2 aliphatic heterocycles. The molecule has 3 fully saturated rings. The Hall–Kier alpha value is -6.21. The number of carboxylic acid groups (broad SMARTS) is 1. The van der Waals surface area contributed by atoms with Gasteiger partial charge in [-0.15, -0.1) is 0 Å². The Morgan fingerprint density at radius 1 is 0.889 bits per heavy atom. The van der Waals surface area contributed by atoms with Crippen LogP contribution in [0, 0.1) is 29.5 Å². The van der Waals surface area contributed by atoms with Gasteiger partial charge in [-0.1, -0.05) is 41.4 Å². The fourth-order valence-electron chi connectivity index (χ4n) is 9.00. The van der Waals surface area contributed by atoms with Gasteiger partial charge < -0.3 is 20.1 Å². The van der Waals surface area contributed by atoms with Crippen molar-refractivity contribution in [3.05, 3.63) is 124 Å². The Kier molecular flexibility index (Phi) is 8.22. The second-order valence-electron chi connectivity index (χ2n) is 13.8. The van der Waals surface area contributed by atoms with E-state index in [1.165, 1.54) is 43.5 Å². The maximum atomic E-state index is 15.2. The van der Waals surface area contributed by atoms with Crippen molar-refractivity contribution in [2.24, 2.45) is 23.7 Å². The Morgan fingerprint density at radius 3 is 2.28 bits per heavy atom. The molecule has 14 heteroatoms. The van der Waals surface area contributed by atoms with E-state index in [0.717, 1.165) is 22.0 Å². The Morgan fingerprint density at radius 2 is 1.61 bits per heavy atom. The number of phenolic OH excluding ortho intramolecular Hbond substituents is 1. The third-order valence-electron chi connectivity index (χ3n) is 11.3. The summed E-state index contributed by atoms with van der Waals surface area (Å²) < 4.78 is 19.3. The van der Waals surface area contributed by atoms with Crippen LogP contribution in [0.15, 0.2) is 96.6 Å². The van der Waals surface area contributed by atoms with Crippen LogP contribution in [0.3, 0.4) is 0 Å². The van der Waals surface area contributed by atoms with E-state index in [1.807, 2.05) is 6.08 Å². The number of nitrogens with one attached hydrogen (secondary N) is 1. The van der Waals surface area contributed by atoms with Crippen molar-refractivity contribution in [3.8, 4) is 17.2 Å².